The predicted octanol–water partition coefficient (Wildman–Crippen LogP) is 2.11. The highest BCUT2D eigenvalue weighted by Crippen LogP contribution is 2.34. The molecule has 1 aliphatic heterocycles. The molecule has 3 nitrogen and oxygen atoms in total. The molecule has 0 spiro atoms. The van der Waals surface area contributed by atoms with Crippen molar-refractivity contribution in [2.24, 2.45) is 17.1 Å². The summed E-state index contributed by atoms with van der Waals surface area (Å²) < 4.78 is 5.62. The summed E-state index contributed by atoms with van der Waals surface area (Å²) in [4.78, 5) is 2.52. The van der Waals surface area contributed by atoms with Crippen molar-refractivity contribution in [3.05, 3.63) is 0 Å². The van der Waals surface area contributed by atoms with Gasteiger partial charge >= 0.3 is 0 Å². The molecule has 0 aromatic carbocycles. The molecular weight excluding hydrogens is 212 g/mol. The lowest BCUT2D eigenvalue weighted by molar-refractivity contribution is 0.0379. The normalized spacial score (nSPS) is 21.7. The molecule has 0 aliphatic carbocycles. The fourth-order valence-corrected chi connectivity index (χ4v) is 2.47. The van der Waals surface area contributed by atoms with Gasteiger partial charge in [0.1, 0.15) is 0 Å². The minimum absolute atomic E-state index is 0.196. The van der Waals surface area contributed by atoms with E-state index in [1.165, 1.54) is 25.9 Å². The molecule has 0 aromatic heterocycles. The Morgan fingerprint density at radius 1 is 1.29 bits per heavy atom. The standard InChI is InChI=1S/C14H30N2O/c1-12(11-15)17-10-9-16-7-5-13(6-8-16)14(2,3)4/h12-13H,5-11,15H2,1-4H3. The third kappa shape index (κ3) is 5.36. The van der Waals surface area contributed by atoms with Crippen molar-refractivity contribution in [1.29, 1.82) is 0 Å². The van der Waals surface area contributed by atoms with E-state index in [2.05, 4.69) is 25.7 Å². The first-order chi connectivity index (χ1) is 7.93. The van der Waals surface area contributed by atoms with E-state index in [-0.39, 0.29) is 6.10 Å². The van der Waals surface area contributed by atoms with E-state index in [1.54, 1.807) is 0 Å². The summed E-state index contributed by atoms with van der Waals surface area (Å²) in [5, 5.41) is 0. The summed E-state index contributed by atoms with van der Waals surface area (Å²) in [6.07, 6.45) is 2.86. The van der Waals surface area contributed by atoms with Crippen LogP contribution >= 0.6 is 0 Å². The summed E-state index contributed by atoms with van der Waals surface area (Å²) >= 11 is 0. The Morgan fingerprint density at radius 2 is 1.88 bits per heavy atom. The largest absolute Gasteiger partial charge is 0.376 e. The Bertz CT molecular complexity index is 205. The van der Waals surface area contributed by atoms with E-state index in [4.69, 9.17) is 10.5 Å². The summed E-state index contributed by atoms with van der Waals surface area (Å²) in [5.74, 6) is 0.877. The summed E-state index contributed by atoms with van der Waals surface area (Å²) in [6.45, 7) is 14.1. The van der Waals surface area contributed by atoms with Crippen LogP contribution in [0.2, 0.25) is 0 Å². The van der Waals surface area contributed by atoms with Crippen LogP contribution in [0.5, 0.6) is 0 Å². The van der Waals surface area contributed by atoms with E-state index in [1.807, 2.05) is 6.92 Å². The molecule has 0 bridgehead atoms. The molecule has 0 amide bonds. The maximum atomic E-state index is 5.62. The molecule has 1 unspecified atom stereocenters. The van der Waals surface area contributed by atoms with Gasteiger partial charge in [-0.2, -0.15) is 0 Å². The van der Waals surface area contributed by atoms with Gasteiger partial charge in [0.15, 0.2) is 0 Å². The van der Waals surface area contributed by atoms with Gasteiger partial charge in [-0.1, -0.05) is 20.8 Å². The number of nitrogens with zero attached hydrogens (tertiary/aromatic N) is 1. The van der Waals surface area contributed by atoms with Crippen LogP contribution in [0.4, 0.5) is 0 Å². The molecule has 1 rings (SSSR count). The molecule has 1 aliphatic rings. The van der Waals surface area contributed by atoms with Gasteiger partial charge in [-0.05, 0) is 44.2 Å². The molecular formula is C14H30N2O. The second-order valence-electron chi connectivity index (χ2n) is 6.40. The fraction of sp³-hybridized carbons (Fsp3) is 1.00. The van der Waals surface area contributed by atoms with E-state index in [0.29, 0.717) is 12.0 Å². The Labute approximate surface area is 107 Å². The number of hydrogen-bond acceptors (Lipinski definition) is 3. The molecule has 1 saturated heterocycles. The number of nitrogens with two attached hydrogens (primary N) is 1. The van der Waals surface area contributed by atoms with Crippen LogP contribution < -0.4 is 5.73 Å². The molecule has 0 saturated carbocycles. The summed E-state index contributed by atoms with van der Waals surface area (Å²) in [7, 11) is 0. The lowest BCUT2D eigenvalue weighted by atomic mass is 9.75. The highest BCUT2D eigenvalue weighted by Gasteiger charge is 2.28. The van der Waals surface area contributed by atoms with Crippen LogP contribution in [0.3, 0.4) is 0 Å². The number of ether oxygens (including phenoxy) is 1. The van der Waals surface area contributed by atoms with E-state index in [9.17, 15) is 0 Å². The highest BCUT2D eigenvalue weighted by molar-refractivity contribution is 4.80. The predicted molar refractivity (Wildman–Crippen MR) is 73.1 cm³/mol. The highest BCUT2D eigenvalue weighted by atomic mass is 16.5. The minimum atomic E-state index is 0.196. The third-order valence-corrected chi connectivity index (χ3v) is 3.95. The Kier molecular flexibility index (Phi) is 5.90. The molecule has 3 heteroatoms. The SMILES string of the molecule is CC(CN)OCCN1CCC(C(C)(C)C)CC1. The van der Waals surface area contributed by atoms with E-state index < -0.39 is 0 Å². The van der Waals surface area contributed by atoms with Gasteiger partial charge in [-0.3, -0.25) is 0 Å². The summed E-state index contributed by atoms with van der Waals surface area (Å²) in [6, 6.07) is 0. The first-order valence-corrected chi connectivity index (χ1v) is 6.97. The van der Waals surface area contributed by atoms with Crippen molar-refractivity contribution in [3.8, 4) is 0 Å². The maximum Gasteiger partial charge on any atom is 0.0669 e. The smallest absolute Gasteiger partial charge is 0.0669 e. The van der Waals surface area contributed by atoms with Gasteiger partial charge in [0.25, 0.3) is 0 Å². The zero-order valence-electron chi connectivity index (χ0n) is 12.0. The van der Waals surface area contributed by atoms with Crippen LogP contribution in [0.1, 0.15) is 40.5 Å². The van der Waals surface area contributed by atoms with Crippen LogP contribution in [0.15, 0.2) is 0 Å². The molecule has 1 fully saturated rings. The van der Waals surface area contributed by atoms with Crippen LogP contribution in [0, 0.1) is 11.3 Å². The van der Waals surface area contributed by atoms with E-state index in [0.717, 1.165) is 19.1 Å². The fourth-order valence-electron chi connectivity index (χ4n) is 2.47. The molecule has 102 valence electrons. The van der Waals surface area contributed by atoms with Crippen LogP contribution in [-0.2, 0) is 4.74 Å². The lowest BCUT2D eigenvalue weighted by Crippen LogP contribution is -2.40. The van der Waals surface area contributed by atoms with Crippen molar-refractivity contribution in [3.63, 3.8) is 0 Å². The molecule has 1 heterocycles. The molecule has 17 heavy (non-hydrogen) atoms. The van der Waals surface area contributed by atoms with E-state index >= 15 is 0 Å². The van der Waals surface area contributed by atoms with Crippen LogP contribution in [-0.4, -0.2) is 43.8 Å². The lowest BCUT2D eigenvalue weighted by Gasteiger charge is -2.38. The molecule has 2 N–H and O–H groups in total. The van der Waals surface area contributed by atoms with Gasteiger partial charge in [-0.25, -0.2) is 0 Å². The maximum absolute atomic E-state index is 5.62. The van der Waals surface area contributed by atoms with Gasteiger partial charge < -0.3 is 15.4 Å². The van der Waals surface area contributed by atoms with Crippen molar-refractivity contribution in [1.82, 2.24) is 4.90 Å². The average Bonchev–Trinajstić information content (AvgIpc) is 2.28. The Morgan fingerprint density at radius 3 is 2.35 bits per heavy atom. The molecule has 0 radical (unpaired) electrons. The number of hydrogen-bond donors (Lipinski definition) is 1. The van der Waals surface area contributed by atoms with Crippen LogP contribution in [0.25, 0.3) is 0 Å². The van der Waals surface area contributed by atoms with Gasteiger partial charge in [0, 0.05) is 13.1 Å². The average molecular weight is 242 g/mol. The first-order valence-electron chi connectivity index (χ1n) is 6.97. The zero-order valence-corrected chi connectivity index (χ0v) is 12.0. The third-order valence-electron chi connectivity index (χ3n) is 3.95. The Balaban J connectivity index is 2.15. The van der Waals surface area contributed by atoms with Crippen molar-refractivity contribution < 1.29 is 4.74 Å². The topological polar surface area (TPSA) is 38.5 Å². The molecule has 1 atom stereocenters. The number of rotatable bonds is 5. The second kappa shape index (κ2) is 6.72. The second-order valence-corrected chi connectivity index (χ2v) is 6.40. The zero-order chi connectivity index (χ0) is 12.9. The van der Waals surface area contributed by atoms with Gasteiger partial charge in [-0.15, -0.1) is 0 Å². The van der Waals surface area contributed by atoms with Crippen molar-refractivity contribution in [2.45, 2.75) is 46.6 Å². The summed E-state index contributed by atoms with van der Waals surface area (Å²) in [5.41, 5.74) is 5.99. The number of likely N-dealkylation sites (tertiary alicyclic amines) is 1. The monoisotopic (exact) mass is 242 g/mol. The van der Waals surface area contributed by atoms with Gasteiger partial charge in [0.05, 0.1) is 12.7 Å². The minimum Gasteiger partial charge on any atom is -0.376 e. The Hall–Kier alpha value is -0.120. The molecule has 0 aromatic rings. The van der Waals surface area contributed by atoms with Crippen molar-refractivity contribution >= 4 is 0 Å². The van der Waals surface area contributed by atoms with Crippen molar-refractivity contribution in [2.75, 3.05) is 32.8 Å². The van der Waals surface area contributed by atoms with Gasteiger partial charge in [0.2, 0.25) is 0 Å². The first kappa shape index (κ1) is 14.9. The number of piperidine rings is 1. The quantitative estimate of drug-likeness (QED) is 0.802.